The maximum atomic E-state index is 12.9. The maximum absolute atomic E-state index is 12.9. The predicted molar refractivity (Wildman–Crippen MR) is 225 cm³/mol. The highest BCUT2D eigenvalue weighted by Gasteiger charge is 2.53. The van der Waals surface area contributed by atoms with Gasteiger partial charge in [-0.25, -0.2) is 0 Å². The van der Waals surface area contributed by atoms with Crippen LogP contribution in [-0.4, -0.2) is 114 Å². The molecule has 0 spiro atoms. The van der Waals surface area contributed by atoms with E-state index < -0.39 is 0 Å². The van der Waals surface area contributed by atoms with Crippen LogP contribution in [0.4, 0.5) is 0 Å². The molecule has 4 heterocycles. The van der Waals surface area contributed by atoms with Gasteiger partial charge >= 0.3 is 11.9 Å². The van der Waals surface area contributed by atoms with Gasteiger partial charge in [0.2, 0.25) is 11.5 Å². The summed E-state index contributed by atoms with van der Waals surface area (Å²) in [7, 11) is 14.6. The van der Waals surface area contributed by atoms with E-state index in [1.54, 1.807) is 42.7 Å². The first-order valence-electron chi connectivity index (χ1n) is 22.1. The molecule has 0 aromatic heterocycles. The van der Waals surface area contributed by atoms with Gasteiger partial charge < -0.3 is 46.9 Å². The largest absolute Gasteiger partial charge is 0.493 e. The zero-order valence-electron chi connectivity index (χ0n) is 37.2. The Morgan fingerprint density at radius 1 is 0.475 bits per heavy atom. The lowest BCUT2D eigenvalue weighted by molar-refractivity contribution is -0.961. The molecule has 4 aliphatic heterocycles. The van der Waals surface area contributed by atoms with E-state index >= 15 is 0 Å². The fraction of sp³-hybridized carbons (Fsp3) is 0.702. The summed E-state index contributed by atoms with van der Waals surface area (Å²) in [5.74, 6) is 3.83. The number of hydrogen-bond acceptors (Lipinski definition) is 10. The van der Waals surface area contributed by atoms with E-state index in [4.69, 9.17) is 37.9 Å². The van der Waals surface area contributed by atoms with Crippen LogP contribution >= 0.6 is 0 Å². The highest BCUT2D eigenvalue weighted by molar-refractivity contribution is 5.70. The van der Waals surface area contributed by atoms with Gasteiger partial charge in [-0.2, -0.15) is 0 Å². The number of nitrogens with zero attached hydrogens (tertiary/aromatic N) is 2. The molecule has 12 heteroatoms. The van der Waals surface area contributed by atoms with E-state index in [0.29, 0.717) is 71.5 Å². The van der Waals surface area contributed by atoms with Crippen LogP contribution < -0.4 is 28.4 Å². The minimum atomic E-state index is -0.0539. The molecule has 0 radical (unpaired) electrons. The number of ether oxygens (including phenoxy) is 8. The first kappa shape index (κ1) is 44.6. The third kappa shape index (κ3) is 10.2. The van der Waals surface area contributed by atoms with Gasteiger partial charge in [0.15, 0.2) is 23.0 Å². The summed E-state index contributed by atoms with van der Waals surface area (Å²) in [5, 5.41) is 0. The van der Waals surface area contributed by atoms with Crippen molar-refractivity contribution in [2.24, 2.45) is 0 Å². The molecule has 4 saturated heterocycles. The highest BCUT2D eigenvalue weighted by atomic mass is 16.6. The summed E-state index contributed by atoms with van der Waals surface area (Å²) < 4.78 is 47.5. The number of hydrogen-bond donors (Lipinski definition) is 0. The van der Waals surface area contributed by atoms with Crippen molar-refractivity contribution in [2.45, 2.75) is 159 Å². The molecule has 0 saturated carbocycles. The lowest BCUT2D eigenvalue weighted by Gasteiger charge is -2.47. The number of carbonyl (C=O) groups is 2. The predicted octanol–water partition coefficient (Wildman–Crippen LogP) is 8.32. The van der Waals surface area contributed by atoms with Crippen molar-refractivity contribution >= 4 is 11.9 Å². The van der Waals surface area contributed by atoms with Crippen LogP contribution in [0.5, 0.6) is 34.5 Å². The van der Waals surface area contributed by atoms with Crippen molar-refractivity contribution in [3.05, 3.63) is 35.4 Å². The second kappa shape index (κ2) is 20.1. The average Bonchev–Trinajstić information content (AvgIpc) is 3.44. The summed E-state index contributed by atoms with van der Waals surface area (Å²) in [6, 6.07) is 10.1. The number of benzene rings is 2. The van der Waals surface area contributed by atoms with Crippen molar-refractivity contribution in [1.29, 1.82) is 0 Å². The molecule has 4 unspecified atom stereocenters. The van der Waals surface area contributed by atoms with E-state index in [1.807, 2.05) is 0 Å². The molecule has 4 bridgehead atoms. The van der Waals surface area contributed by atoms with E-state index in [-0.39, 0.29) is 24.1 Å². The maximum Gasteiger partial charge on any atom is 0.306 e. The van der Waals surface area contributed by atoms with Gasteiger partial charge in [-0.05, 0) is 37.1 Å². The van der Waals surface area contributed by atoms with E-state index in [9.17, 15) is 9.59 Å². The van der Waals surface area contributed by atoms with Crippen LogP contribution in [0.25, 0.3) is 0 Å². The Balaban J connectivity index is 0.825. The molecular weight excluding hydrogens is 753 g/mol. The number of carbonyl (C=O) groups excluding carboxylic acids is 2. The number of piperidine rings is 2. The molecule has 4 fully saturated rings. The van der Waals surface area contributed by atoms with Crippen molar-refractivity contribution in [2.75, 3.05) is 56.8 Å². The van der Waals surface area contributed by atoms with Crippen LogP contribution in [0.2, 0.25) is 0 Å². The fourth-order valence-corrected chi connectivity index (χ4v) is 11.2. The van der Waals surface area contributed by atoms with Crippen LogP contribution in [0, 0.1) is 0 Å². The van der Waals surface area contributed by atoms with Crippen LogP contribution in [-0.2, 0) is 32.2 Å². The molecule has 0 N–H and O–H groups in total. The smallest absolute Gasteiger partial charge is 0.306 e. The van der Waals surface area contributed by atoms with Crippen molar-refractivity contribution < 1.29 is 56.5 Å². The second-order valence-electron chi connectivity index (χ2n) is 18.0. The van der Waals surface area contributed by atoms with Gasteiger partial charge in [0, 0.05) is 75.3 Å². The molecule has 4 atom stereocenters. The summed E-state index contributed by atoms with van der Waals surface area (Å²) >= 11 is 0. The highest BCUT2D eigenvalue weighted by Crippen LogP contribution is 2.47. The standard InChI is InChI=1S/C47H72N2O10/c1-48(30-32-22-40(52-3)46(56-7)41(23-32)53-4)34-18-19-35(48)27-38(26-34)58-44(50)16-14-12-10-9-11-13-15-17-45(51)59-39-28-36-20-21-37(29-39)49(36,2)31-33-24-42(54-5)47(57-8)43(25-33)55-6/h22-25,34-39H,9-21,26-31H2,1-8H3/q+2. The van der Waals surface area contributed by atoms with Gasteiger partial charge in [-0.3, -0.25) is 9.59 Å². The van der Waals surface area contributed by atoms with Crippen molar-refractivity contribution in [3.63, 3.8) is 0 Å². The van der Waals surface area contributed by atoms with E-state index in [2.05, 4.69) is 38.4 Å². The first-order valence-corrected chi connectivity index (χ1v) is 22.1. The number of methoxy groups -OCH3 is 6. The van der Waals surface area contributed by atoms with Crippen molar-refractivity contribution in [3.8, 4) is 34.5 Å². The summed E-state index contributed by atoms with van der Waals surface area (Å²) in [6.07, 6.45) is 16.3. The van der Waals surface area contributed by atoms with Gasteiger partial charge in [0.05, 0.1) is 80.9 Å². The summed E-state index contributed by atoms with van der Waals surface area (Å²) in [4.78, 5) is 25.7. The quantitative estimate of drug-likeness (QED) is 0.0654. The minimum Gasteiger partial charge on any atom is -0.493 e. The van der Waals surface area contributed by atoms with E-state index in [0.717, 1.165) is 129 Å². The molecule has 0 aliphatic carbocycles. The Hall–Kier alpha value is -3.90. The zero-order chi connectivity index (χ0) is 42.2. The Morgan fingerprint density at radius 2 is 0.763 bits per heavy atom. The molecular formula is C47H72N2O10+2. The first-order chi connectivity index (χ1) is 28.5. The third-order valence-corrected chi connectivity index (χ3v) is 14.5. The van der Waals surface area contributed by atoms with Gasteiger partial charge in [0.25, 0.3) is 0 Å². The topological polar surface area (TPSA) is 108 Å². The normalized spacial score (nSPS) is 28.1. The Labute approximate surface area is 352 Å². The molecule has 0 amide bonds. The third-order valence-electron chi connectivity index (χ3n) is 14.5. The average molecular weight is 825 g/mol. The van der Waals surface area contributed by atoms with Crippen molar-refractivity contribution in [1.82, 2.24) is 0 Å². The molecule has 4 aliphatic rings. The van der Waals surface area contributed by atoms with Gasteiger partial charge in [-0.1, -0.05) is 32.1 Å². The number of esters is 2. The van der Waals surface area contributed by atoms with Gasteiger partial charge in [-0.15, -0.1) is 0 Å². The zero-order valence-corrected chi connectivity index (χ0v) is 37.2. The van der Waals surface area contributed by atoms with Gasteiger partial charge in [0.1, 0.15) is 25.3 Å². The van der Waals surface area contributed by atoms with Crippen LogP contribution in [0.15, 0.2) is 24.3 Å². The Morgan fingerprint density at radius 3 is 1.03 bits per heavy atom. The van der Waals surface area contributed by atoms with E-state index in [1.165, 1.54) is 0 Å². The molecule has 6 rings (SSSR count). The monoisotopic (exact) mass is 825 g/mol. The number of quaternary nitrogens is 2. The SMILES string of the molecule is COc1cc(C[N+]2(C)C3CCC2CC(OC(=O)CCCCCCCCCC(=O)OC2CC4CCC(C2)[N+]4(C)Cc2cc(OC)c(OC)c(OC)c2)C3)cc(OC)c1OC. The summed E-state index contributed by atoms with van der Waals surface area (Å²) in [5.41, 5.74) is 2.32. The number of fused-ring (bicyclic) bond motifs is 4. The molecule has 59 heavy (non-hydrogen) atoms. The number of rotatable bonds is 22. The molecule has 328 valence electrons. The molecule has 2 aromatic rings. The number of unbranched alkanes of at least 4 members (excludes halogenated alkanes) is 6. The van der Waals surface area contributed by atoms with Crippen LogP contribution in [0.1, 0.15) is 120 Å². The minimum absolute atomic E-state index is 0.00527. The fourth-order valence-electron chi connectivity index (χ4n) is 11.2. The molecule has 2 aromatic carbocycles. The second-order valence-corrected chi connectivity index (χ2v) is 18.0. The Bertz CT molecular complexity index is 1530. The Kier molecular flexibility index (Phi) is 15.2. The van der Waals surface area contributed by atoms with Crippen LogP contribution in [0.3, 0.4) is 0 Å². The molecule has 12 nitrogen and oxygen atoms in total. The summed E-state index contributed by atoms with van der Waals surface area (Å²) in [6.45, 7) is 1.75. The lowest BCUT2D eigenvalue weighted by Crippen LogP contribution is -2.58. The lowest BCUT2D eigenvalue weighted by atomic mass is 9.95.